The maximum absolute atomic E-state index is 3.50. The zero-order valence-electron chi connectivity index (χ0n) is 10.8. The van der Waals surface area contributed by atoms with E-state index in [0.717, 1.165) is 5.33 Å². The lowest BCUT2D eigenvalue weighted by Gasteiger charge is -2.30. The maximum atomic E-state index is 3.50. The summed E-state index contributed by atoms with van der Waals surface area (Å²) in [6, 6.07) is 7.36. The Bertz CT molecular complexity index is 332. The van der Waals surface area contributed by atoms with Crippen LogP contribution < -0.4 is 4.90 Å². The normalized spacial score (nSPS) is 10.9. The lowest BCUT2D eigenvalue weighted by Crippen LogP contribution is -2.30. The Morgan fingerprint density at radius 3 is 2.31 bits per heavy atom. The minimum absolute atomic E-state index is 0.647. The van der Waals surface area contributed by atoms with Crippen molar-refractivity contribution in [3.8, 4) is 0 Å². The number of halogens is 1. The summed E-state index contributed by atoms with van der Waals surface area (Å²) in [6.45, 7) is 6.71. The molecule has 0 saturated heterocycles. The molecule has 0 aliphatic rings. The van der Waals surface area contributed by atoms with E-state index in [2.05, 4.69) is 66.8 Å². The molecule has 1 rings (SSSR count). The summed E-state index contributed by atoms with van der Waals surface area (Å²) >= 11 is 3.50. The standard InChI is InChI=1S/C14H22BrN/c1-5-13(6-2)16(4)14-8-7-12(10-15)9-11(14)3/h7-9,13H,5-6,10H2,1-4H3. The van der Waals surface area contributed by atoms with Gasteiger partial charge < -0.3 is 4.90 Å². The van der Waals surface area contributed by atoms with Crippen LogP contribution in [0.25, 0.3) is 0 Å². The molecule has 0 heterocycles. The van der Waals surface area contributed by atoms with Crippen LogP contribution in [-0.2, 0) is 5.33 Å². The van der Waals surface area contributed by atoms with Crippen molar-refractivity contribution in [3.63, 3.8) is 0 Å². The average Bonchev–Trinajstić information content (AvgIpc) is 2.30. The number of aryl methyl sites for hydroxylation is 1. The van der Waals surface area contributed by atoms with Crippen molar-refractivity contribution in [2.24, 2.45) is 0 Å². The van der Waals surface area contributed by atoms with Crippen LogP contribution in [0.1, 0.15) is 37.8 Å². The van der Waals surface area contributed by atoms with Gasteiger partial charge in [0.15, 0.2) is 0 Å². The van der Waals surface area contributed by atoms with Gasteiger partial charge in [-0.15, -0.1) is 0 Å². The molecule has 1 aromatic rings. The number of alkyl halides is 1. The summed E-state index contributed by atoms with van der Waals surface area (Å²) in [4.78, 5) is 2.41. The van der Waals surface area contributed by atoms with E-state index in [1.807, 2.05) is 0 Å². The van der Waals surface area contributed by atoms with Crippen LogP contribution in [-0.4, -0.2) is 13.1 Å². The molecular weight excluding hydrogens is 262 g/mol. The average molecular weight is 284 g/mol. The lowest BCUT2D eigenvalue weighted by molar-refractivity contribution is 0.591. The monoisotopic (exact) mass is 283 g/mol. The first kappa shape index (κ1) is 13.6. The summed E-state index contributed by atoms with van der Waals surface area (Å²) < 4.78 is 0. The Kier molecular flexibility index (Phi) is 5.33. The summed E-state index contributed by atoms with van der Waals surface area (Å²) in [6.07, 6.45) is 2.40. The fourth-order valence-electron chi connectivity index (χ4n) is 2.23. The smallest absolute Gasteiger partial charge is 0.0396 e. The minimum Gasteiger partial charge on any atom is -0.371 e. The van der Waals surface area contributed by atoms with Crippen molar-refractivity contribution in [2.45, 2.75) is 45.0 Å². The molecule has 90 valence electrons. The van der Waals surface area contributed by atoms with E-state index in [4.69, 9.17) is 0 Å². The topological polar surface area (TPSA) is 3.24 Å². The van der Waals surface area contributed by atoms with Crippen LogP contribution in [0.4, 0.5) is 5.69 Å². The molecule has 1 aromatic carbocycles. The summed E-state index contributed by atoms with van der Waals surface area (Å²) in [7, 11) is 2.20. The van der Waals surface area contributed by atoms with E-state index in [0.29, 0.717) is 6.04 Å². The Hall–Kier alpha value is -0.500. The van der Waals surface area contributed by atoms with Gasteiger partial charge in [0, 0.05) is 24.1 Å². The Morgan fingerprint density at radius 1 is 1.25 bits per heavy atom. The Labute approximate surface area is 108 Å². The molecular formula is C14H22BrN. The second kappa shape index (κ2) is 6.29. The fraction of sp³-hybridized carbons (Fsp3) is 0.571. The number of anilines is 1. The molecule has 0 amide bonds. The van der Waals surface area contributed by atoms with Crippen molar-refractivity contribution in [3.05, 3.63) is 29.3 Å². The van der Waals surface area contributed by atoms with Crippen molar-refractivity contribution >= 4 is 21.6 Å². The first-order valence-corrected chi connectivity index (χ1v) is 7.14. The highest BCUT2D eigenvalue weighted by Gasteiger charge is 2.12. The number of benzene rings is 1. The van der Waals surface area contributed by atoms with E-state index >= 15 is 0 Å². The molecule has 0 spiro atoms. The fourth-order valence-corrected chi connectivity index (χ4v) is 2.58. The van der Waals surface area contributed by atoms with Crippen LogP contribution in [0.3, 0.4) is 0 Å². The Morgan fingerprint density at radius 2 is 1.88 bits per heavy atom. The van der Waals surface area contributed by atoms with Gasteiger partial charge in [0.05, 0.1) is 0 Å². The molecule has 0 aromatic heterocycles. The third kappa shape index (κ3) is 3.00. The third-order valence-electron chi connectivity index (χ3n) is 3.29. The van der Waals surface area contributed by atoms with Gasteiger partial charge in [0.2, 0.25) is 0 Å². The molecule has 0 aliphatic heterocycles. The molecule has 1 nitrogen and oxygen atoms in total. The summed E-state index contributed by atoms with van der Waals surface area (Å²) in [5, 5.41) is 0.933. The minimum atomic E-state index is 0.647. The number of rotatable bonds is 5. The van der Waals surface area contributed by atoms with Crippen molar-refractivity contribution < 1.29 is 0 Å². The SMILES string of the molecule is CCC(CC)N(C)c1ccc(CBr)cc1C. The molecule has 2 heteroatoms. The first-order chi connectivity index (χ1) is 7.63. The van der Waals surface area contributed by atoms with Gasteiger partial charge in [-0.25, -0.2) is 0 Å². The maximum Gasteiger partial charge on any atom is 0.0396 e. The van der Waals surface area contributed by atoms with E-state index < -0.39 is 0 Å². The quantitative estimate of drug-likeness (QED) is 0.719. The predicted octanol–water partition coefficient (Wildman–Crippen LogP) is 4.51. The van der Waals surface area contributed by atoms with Crippen molar-refractivity contribution in [1.29, 1.82) is 0 Å². The lowest BCUT2D eigenvalue weighted by atomic mass is 10.1. The molecule has 0 bridgehead atoms. The van der Waals surface area contributed by atoms with Gasteiger partial charge >= 0.3 is 0 Å². The second-order valence-corrected chi connectivity index (χ2v) is 4.90. The highest BCUT2D eigenvalue weighted by molar-refractivity contribution is 9.08. The number of hydrogen-bond acceptors (Lipinski definition) is 1. The first-order valence-electron chi connectivity index (χ1n) is 6.02. The third-order valence-corrected chi connectivity index (χ3v) is 3.93. The van der Waals surface area contributed by atoms with Gasteiger partial charge in [-0.2, -0.15) is 0 Å². The summed E-state index contributed by atoms with van der Waals surface area (Å²) in [5.74, 6) is 0. The molecule has 0 unspecified atom stereocenters. The molecule has 0 aliphatic carbocycles. The zero-order chi connectivity index (χ0) is 12.1. The summed E-state index contributed by atoms with van der Waals surface area (Å²) in [5.41, 5.74) is 4.07. The van der Waals surface area contributed by atoms with Crippen molar-refractivity contribution in [2.75, 3.05) is 11.9 Å². The molecule has 0 N–H and O–H groups in total. The highest BCUT2D eigenvalue weighted by atomic mass is 79.9. The number of nitrogens with zero attached hydrogens (tertiary/aromatic N) is 1. The van der Waals surface area contributed by atoms with Crippen LogP contribution in [0, 0.1) is 6.92 Å². The predicted molar refractivity (Wildman–Crippen MR) is 76.6 cm³/mol. The zero-order valence-corrected chi connectivity index (χ0v) is 12.3. The van der Waals surface area contributed by atoms with Crippen LogP contribution in [0.15, 0.2) is 18.2 Å². The van der Waals surface area contributed by atoms with Crippen LogP contribution >= 0.6 is 15.9 Å². The van der Waals surface area contributed by atoms with E-state index in [9.17, 15) is 0 Å². The molecule has 0 radical (unpaired) electrons. The largest absolute Gasteiger partial charge is 0.371 e. The molecule has 0 atom stereocenters. The molecule has 0 fully saturated rings. The molecule has 0 saturated carbocycles. The van der Waals surface area contributed by atoms with Crippen molar-refractivity contribution in [1.82, 2.24) is 0 Å². The van der Waals surface area contributed by atoms with Gasteiger partial charge in [-0.3, -0.25) is 0 Å². The number of hydrogen-bond donors (Lipinski definition) is 0. The molecule has 16 heavy (non-hydrogen) atoms. The van der Waals surface area contributed by atoms with E-state index in [-0.39, 0.29) is 0 Å². The van der Waals surface area contributed by atoms with Gasteiger partial charge in [0.25, 0.3) is 0 Å². The van der Waals surface area contributed by atoms with Crippen LogP contribution in [0.5, 0.6) is 0 Å². The van der Waals surface area contributed by atoms with Gasteiger partial charge in [-0.05, 0) is 37.0 Å². The van der Waals surface area contributed by atoms with E-state index in [1.165, 1.54) is 29.7 Å². The second-order valence-electron chi connectivity index (χ2n) is 4.34. The van der Waals surface area contributed by atoms with Gasteiger partial charge in [0.1, 0.15) is 0 Å². The Balaban J connectivity index is 2.95. The van der Waals surface area contributed by atoms with E-state index in [1.54, 1.807) is 0 Å². The highest BCUT2D eigenvalue weighted by Crippen LogP contribution is 2.24. The van der Waals surface area contributed by atoms with Gasteiger partial charge in [-0.1, -0.05) is 41.9 Å². The van der Waals surface area contributed by atoms with Crippen LogP contribution in [0.2, 0.25) is 0 Å².